The number of ether oxygens (including phenoxy) is 2. The van der Waals surface area contributed by atoms with Gasteiger partial charge in [0.25, 0.3) is 0 Å². The van der Waals surface area contributed by atoms with Crippen LogP contribution in [0, 0.1) is 5.82 Å². The minimum atomic E-state index is -0.581. The number of methoxy groups -OCH3 is 1. The zero-order valence-corrected chi connectivity index (χ0v) is 14.9. The van der Waals surface area contributed by atoms with E-state index in [0.717, 1.165) is 0 Å². The van der Waals surface area contributed by atoms with Crippen LogP contribution in [0.5, 0.6) is 5.75 Å². The Morgan fingerprint density at radius 3 is 2.85 bits per heavy atom. The molecular formula is C18H20FN5O3. The summed E-state index contributed by atoms with van der Waals surface area (Å²) in [6.07, 6.45) is 0.0571. The minimum absolute atomic E-state index is 0.0571. The SMILES string of the molecule is COc1ccc(F)c([C@@H]2CC(=O)Nc3nc(N4CCOCC4)nc(N)c32)c1. The van der Waals surface area contributed by atoms with Crippen molar-refractivity contribution in [1.82, 2.24) is 9.97 Å². The molecule has 0 unspecified atom stereocenters. The van der Waals surface area contributed by atoms with Gasteiger partial charge < -0.3 is 25.4 Å². The third kappa shape index (κ3) is 3.25. The molecule has 1 atom stereocenters. The number of carbonyl (C=O) groups excluding carboxylic acids is 1. The van der Waals surface area contributed by atoms with Crippen LogP contribution in [0.4, 0.5) is 22.0 Å². The van der Waals surface area contributed by atoms with E-state index in [-0.39, 0.29) is 18.1 Å². The summed E-state index contributed by atoms with van der Waals surface area (Å²) < 4.78 is 25.1. The van der Waals surface area contributed by atoms with Gasteiger partial charge in [0.15, 0.2) is 0 Å². The normalized spacial score (nSPS) is 19.4. The van der Waals surface area contributed by atoms with Crippen LogP contribution in [0.3, 0.4) is 0 Å². The lowest BCUT2D eigenvalue weighted by Crippen LogP contribution is -2.38. The lowest BCUT2D eigenvalue weighted by Gasteiger charge is -2.30. The summed E-state index contributed by atoms with van der Waals surface area (Å²) in [6, 6.07) is 4.43. The molecule has 0 spiro atoms. The van der Waals surface area contributed by atoms with Gasteiger partial charge in [-0.1, -0.05) is 0 Å². The van der Waals surface area contributed by atoms with Crippen LogP contribution in [0.25, 0.3) is 0 Å². The molecule has 3 N–H and O–H groups in total. The number of nitrogens with one attached hydrogen (secondary N) is 1. The fourth-order valence-corrected chi connectivity index (χ4v) is 3.47. The molecule has 8 nitrogen and oxygen atoms in total. The van der Waals surface area contributed by atoms with Crippen molar-refractivity contribution in [3.05, 3.63) is 35.1 Å². The second-order valence-electron chi connectivity index (χ2n) is 6.46. The van der Waals surface area contributed by atoms with Gasteiger partial charge in [0.05, 0.1) is 20.3 Å². The van der Waals surface area contributed by atoms with E-state index in [1.165, 1.54) is 19.2 Å². The summed E-state index contributed by atoms with van der Waals surface area (Å²) in [6.45, 7) is 2.43. The smallest absolute Gasteiger partial charge is 0.229 e. The molecule has 2 aromatic rings. The summed E-state index contributed by atoms with van der Waals surface area (Å²) in [5.74, 6) is 0.229. The first kappa shape index (κ1) is 17.5. The van der Waals surface area contributed by atoms with Crippen LogP contribution in [-0.4, -0.2) is 49.3 Å². The highest BCUT2D eigenvalue weighted by Gasteiger charge is 2.33. The molecule has 3 heterocycles. The number of halogens is 1. The molecule has 2 aliphatic rings. The zero-order chi connectivity index (χ0) is 19.0. The molecule has 4 rings (SSSR count). The summed E-state index contributed by atoms with van der Waals surface area (Å²) in [4.78, 5) is 23.1. The van der Waals surface area contributed by atoms with Gasteiger partial charge >= 0.3 is 0 Å². The molecule has 0 bridgehead atoms. The molecule has 0 radical (unpaired) electrons. The Morgan fingerprint density at radius 2 is 2.11 bits per heavy atom. The van der Waals surface area contributed by atoms with Gasteiger partial charge in [-0.15, -0.1) is 0 Å². The Balaban J connectivity index is 1.79. The quantitative estimate of drug-likeness (QED) is 0.841. The van der Waals surface area contributed by atoms with Crippen molar-refractivity contribution in [3.8, 4) is 5.75 Å². The lowest BCUT2D eigenvalue weighted by atomic mass is 9.86. The number of morpholine rings is 1. The molecule has 0 saturated carbocycles. The van der Waals surface area contributed by atoms with Crippen LogP contribution in [-0.2, 0) is 9.53 Å². The van der Waals surface area contributed by atoms with E-state index < -0.39 is 11.7 Å². The number of nitrogen functional groups attached to an aromatic ring is 1. The Bertz CT molecular complexity index is 886. The van der Waals surface area contributed by atoms with Crippen LogP contribution in [0.2, 0.25) is 0 Å². The zero-order valence-electron chi connectivity index (χ0n) is 14.9. The van der Waals surface area contributed by atoms with Gasteiger partial charge in [-0.2, -0.15) is 9.97 Å². The van der Waals surface area contributed by atoms with Gasteiger partial charge in [0.1, 0.15) is 23.2 Å². The van der Waals surface area contributed by atoms with E-state index in [0.29, 0.717) is 54.9 Å². The first-order chi connectivity index (χ1) is 13.1. The molecule has 142 valence electrons. The molecule has 1 aromatic carbocycles. The predicted octanol–water partition coefficient (Wildman–Crippen LogP) is 1.52. The van der Waals surface area contributed by atoms with Crippen LogP contribution < -0.4 is 20.7 Å². The lowest BCUT2D eigenvalue weighted by molar-refractivity contribution is -0.116. The Labute approximate surface area is 155 Å². The van der Waals surface area contributed by atoms with Gasteiger partial charge in [0.2, 0.25) is 11.9 Å². The average Bonchev–Trinajstić information content (AvgIpc) is 2.68. The molecule has 1 amide bonds. The highest BCUT2D eigenvalue weighted by molar-refractivity contribution is 5.95. The topological polar surface area (TPSA) is 103 Å². The molecule has 1 aromatic heterocycles. The fraction of sp³-hybridized carbons (Fsp3) is 0.389. The first-order valence-electron chi connectivity index (χ1n) is 8.70. The number of amides is 1. The average molecular weight is 373 g/mol. The van der Waals surface area contributed by atoms with Crippen LogP contribution >= 0.6 is 0 Å². The largest absolute Gasteiger partial charge is 0.497 e. The van der Waals surface area contributed by atoms with Crippen molar-refractivity contribution in [2.45, 2.75) is 12.3 Å². The number of benzene rings is 1. The third-order valence-corrected chi connectivity index (χ3v) is 4.83. The maximum atomic E-state index is 14.5. The predicted molar refractivity (Wildman–Crippen MR) is 97.5 cm³/mol. The van der Waals surface area contributed by atoms with Gasteiger partial charge in [0, 0.05) is 31.0 Å². The number of nitrogens with two attached hydrogens (primary N) is 1. The number of carbonyl (C=O) groups is 1. The van der Waals surface area contributed by atoms with E-state index >= 15 is 0 Å². The number of nitrogens with zero attached hydrogens (tertiary/aromatic N) is 3. The number of hydrogen-bond donors (Lipinski definition) is 2. The first-order valence-corrected chi connectivity index (χ1v) is 8.70. The van der Waals surface area contributed by atoms with Crippen molar-refractivity contribution in [2.24, 2.45) is 0 Å². The maximum absolute atomic E-state index is 14.5. The molecule has 2 aliphatic heterocycles. The van der Waals surface area contributed by atoms with E-state index in [9.17, 15) is 9.18 Å². The number of fused-ring (bicyclic) bond motifs is 1. The number of aromatic nitrogens is 2. The highest BCUT2D eigenvalue weighted by atomic mass is 19.1. The van der Waals surface area contributed by atoms with E-state index in [1.807, 2.05) is 4.90 Å². The second-order valence-corrected chi connectivity index (χ2v) is 6.46. The number of rotatable bonds is 3. The molecule has 27 heavy (non-hydrogen) atoms. The van der Waals surface area contributed by atoms with Gasteiger partial charge in [-0.05, 0) is 23.8 Å². The number of hydrogen-bond acceptors (Lipinski definition) is 7. The summed E-state index contributed by atoms with van der Waals surface area (Å²) in [7, 11) is 1.50. The Hall–Kier alpha value is -2.94. The number of anilines is 3. The van der Waals surface area contributed by atoms with E-state index in [1.54, 1.807) is 6.07 Å². The molecule has 0 aliphatic carbocycles. The van der Waals surface area contributed by atoms with Crippen LogP contribution in [0.1, 0.15) is 23.5 Å². The molecule has 9 heteroatoms. The minimum Gasteiger partial charge on any atom is -0.497 e. The maximum Gasteiger partial charge on any atom is 0.229 e. The van der Waals surface area contributed by atoms with Crippen molar-refractivity contribution in [2.75, 3.05) is 49.4 Å². The summed E-state index contributed by atoms with van der Waals surface area (Å²) in [5.41, 5.74) is 7.09. The van der Waals surface area contributed by atoms with Crippen molar-refractivity contribution in [1.29, 1.82) is 0 Å². The standard InChI is InChI=1S/C18H20FN5O3/c1-26-10-2-3-13(19)11(8-10)12-9-14(25)21-17-15(12)16(20)22-18(23-17)24-4-6-27-7-5-24/h2-3,8,12H,4-7,9H2,1H3,(H3,20,21,22,23,25)/t12-/m0/s1. The van der Waals surface area contributed by atoms with E-state index in [2.05, 4.69) is 15.3 Å². The molecule has 1 saturated heterocycles. The highest BCUT2D eigenvalue weighted by Crippen LogP contribution is 2.41. The molecular weight excluding hydrogens is 353 g/mol. The second kappa shape index (κ2) is 6.99. The molecule has 1 fully saturated rings. The van der Waals surface area contributed by atoms with E-state index in [4.69, 9.17) is 15.2 Å². The Kier molecular flexibility index (Phi) is 4.53. The van der Waals surface area contributed by atoms with Gasteiger partial charge in [-0.25, -0.2) is 4.39 Å². The monoisotopic (exact) mass is 373 g/mol. The fourth-order valence-electron chi connectivity index (χ4n) is 3.47. The van der Waals surface area contributed by atoms with Crippen molar-refractivity contribution < 1.29 is 18.7 Å². The Morgan fingerprint density at radius 1 is 1.33 bits per heavy atom. The van der Waals surface area contributed by atoms with Gasteiger partial charge in [-0.3, -0.25) is 4.79 Å². The van der Waals surface area contributed by atoms with Crippen molar-refractivity contribution in [3.63, 3.8) is 0 Å². The van der Waals surface area contributed by atoms with Crippen molar-refractivity contribution >= 4 is 23.5 Å². The third-order valence-electron chi connectivity index (χ3n) is 4.83. The van der Waals surface area contributed by atoms with Crippen LogP contribution in [0.15, 0.2) is 18.2 Å². The summed E-state index contributed by atoms with van der Waals surface area (Å²) >= 11 is 0. The summed E-state index contributed by atoms with van der Waals surface area (Å²) in [5, 5.41) is 2.75.